The van der Waals surface area contributed by atoms with Crippen molar-refractivity contribution in [3.05, 3.63) is 23.7 Å². The van der Waals surface area contributed by atoms with Gasteiger partial charge in [-0.25, -0.2) is 4.98 Å². The molecule has 2 heterocycles. The number of aromatic hydroxyl groups is 1. The molecule has 0 amide bonds. The maximum Gasteiger partial charge on any atom is 0.311 e. The molecule has 2 aromatic rings. The molecule has 2 N–H and O–H groups in total. The first-order valence-electron chi connectivity index (χ1n) is 4.74. The summed E-state index contributed by atoms with van der Waals surface area (Å²) in [4.78, 5) is 18.0. The molecule has 2 aromatic heterocycles. The van der Waals surface area contributed by atoms with Crippen molar-refractivity contribution < 1.29 is 19.5 Å². The summed E-state index contributed by atoms with van der Waals surface area (Å²) in [6.07, 6.45) is 0.844. The molecule has 0 aliphatic heterocycles. The van der Waals surface area contributed by atoms with Gasteiger partial charge in [-0.2, -0.15) is 10.2 Å². The summed E-state index contributed by atoms with van der Waals surface area (Å²) < 4.78 is 4.78. The smallest absolute Gasteiger partial charge is 0.311 e. The highest BCUT2D eigenvalue weighted by Gasteiger charge is 2.16. The minimum atomic E-state index is -1.10. The number of pyridine rings is 1. The van der Waals surface area contributed by atoms with E-state index in [2.05, 4.69) is 15.1 Å². The van der Waals surface area contributed by atoms with Gasteiger partial charge in [0.15, 0.2) is 11.5 Å². The summed E-state index contributed by atoms with van der Waals surface area (Å²) in [5.41, 5.74) is 0.180. The van der Waals surface area contributed by atoms with Crippen molar-refractivity contribution in [3.8, 4) is 23.4 Å². The van der Waals surface area contributed by atoms with Crippen LogP contribution in [0.1, 0.15) is 11.4 Å². The molecule has 8 nitrogen and oxygen atoms in total. The second-order valence-corrected chi connectivity index (χ2v) is 3.29. The van der Waals surface area contributed by atoms with E-state index in [4.69, 9.17) is 14.9 Å². The summed E-state index contributed by atoms with van der Waals surface area (Å²) in [6, 6.07) is 3.01. The predicted octanol–water partition coefficient (Wildman–Crippen LogP) is 0.336. The molecule has 0 bridgehead atoms. The standard InChI is InChI=1S/C10H6N4O4/c11-3-5-1-6(15)9(12-4-5)10-13-7(14-18-10)2-8(16)17/h1,4,15H,2H2,(H,16,17). The first-order chi connectivity index (χ1) is 8.60. The summed E-state index contributed by atoms with van der Waals surface area (Å²) >= 11 is 0. The molecule has 0 aromatic carbocycles. The van der Waals surface area contributed by atoms with Gasteiger partial charge in [0.1, 0.15) is 18.2 Å². The van der Waals surface area contributed by atoms with Crippen LogP contribution in [0.4, 0.5) is 0 Å². The molecule has 8 heteroatoms. The highest BCUT2D eigenvalue weighted by Crippen LogP contribution is 2.25. The maximum absolute atomic E-state index is 10.4. The van der Waals surface area contributed by atoms with Gasteiger partial charge in [-0.3, -0.25) is 4.79 Å². The minimum absolute atomic E-state index is 0.00172. The van der Waals surface area contributed by atoms with Gasteiger partial charge in [0.05, 0.1) is 5.56 Å². The van der Waals surface area contributed by atoms with Crippen molar-refractivity contribution in [2.45, 2.75) is 6.42 Å². The van der Waals surface area contributed by atoms with Crippen molar-refractivity contribution >= 4 is 5.97 Å². The van der Waals surface area contributed by atoms with E-state index in [1.165, 1.54) is 12.3 Å². The van der Waals surface area contributed by atoms with Gasteiger partial charge in [0, 0.05) is 12.3 Å². The van der Waals surface area contributed by atoms with Crippen LogP contribution < -0.4 is 0 Å². The number of nitrogens with zero attached hydrogens (tertiary/aromatic N) is 4. The van der Waals surface area contributed by atoms with Gasteiger partial charge in [-0.05, 0) is 0 Å². The van der Waals surface area contributed by atoms with E-state index >= 15 is 0 Å². The van der Waals surface area contributed by atoms with Gasteiger partial charge in [0.2, 0.25) is 0 Å². The lowest BCUT2D eigenvalue weighted by atomic mass is 10.2. The Labute approximate surface area is 100 Å². The molecule has 0 unspecified atom stereocenters. The lowest BCUT2D eigenvalue weighted by Gasteiger charge is -1.97. The molecule has 0 saturated heterocycles. The number of carboxylic acid groups (broad SMARTS) is 1. The topological polar surface area (TPSA) is 133 Å². The lowest BCUT2D eigenvalue weighted by molar-refractivity contribution is -0.136. The largest absolute Gasteiger partial charge is 0.505 e. The molecule has 0 fully saturated rings. The van der Waals surface area contributed by atoms with Crippen LogP contribution in [-0.4, -0.2) is 31.3 Å². The van der Waals surface area contributed by atoms with Crippen LogP contribution in [0.15, 0.2) is 16.8 Å². The van der Waals surface area contributed by atoms with E-state index in [1.807, 2.05) is 6.07 Å². The average Bonchev–Trinajstić information content (AvgIpc) is 2.76. The SMILES string of the molecule is N#Cc1cnc(-c2nc(CC(=O)O)no2)c(O)c1. The van der Waals surface area contributed by atoms with Crippen LogP contribution in [0.25, 0.3) is 11.6 Å². The van der Waals surface area contributed by atoms with Crippen molar-refractivity contribution in [3.63, 3.8) is 0 Å². The fraction of sp³-hybridized carbons (Fsp3) is 0.100. The Morgan fingerprint density at radius 1 is 1.56 bits per heavy atom. The average molecular weight is 246 g/mol. The monoisotopic (exact) mass is 246 g/mol. The van der Waals surface area contributed by atoms with Crippen molar-refractivity contribution in [1.82, 2.24) is 15.1 Å². The highest BCUT2D eigenvalue weighted by molar-refractivity contribution is 5.69. The van der Waals surface area contributed by atoms with Crippen molar-refractivity contribution in [2.24, 2.45) is 0 Å². The Morgan fingerprint density at radius 2 is 2.33 bits per heavy atom. The summed E-state index contributed by atoms with van der Waals surface area (Å²) in [7, 11) is 0. The fourth-order valence-corrected chi connectivity index (χ4v) is 1.24. The molecule has 18 heavy (non-hydrogen) atoms. The first-order valence-corrected chi connectivity index (χ1v) is 4.74. The number of rotatable bonds is 3. The first kappa shape index (κ1) is 11.5. The van der Waals surface area contributed by atoms with E-state index in [0.717, 1.165) is 0 Å². The zero-order valence-corrected chi connectivity index (χ0v) is 8.86. The molecule has 0 aliphatic rings. The molecule has 0 atom stereocenters. The number of carboxylic acids is 1. The van der Waals surface area contributed by atoms with E-state index in [9.17, 15) is 9.90 Å². The predicted molar refractivity (Wildman–Crippen MR) is 55.2 cm³/mol. The number of carbonyl (C=O) groups is 1. The van der Waals surface area contributed by atoms with Gasteiger partial charge >= 0.3 is 5.97 Å². The Balaban J connectivity index is 2.34. The maximum atomic E-state index is 10.4. The van der Waals surface area contributed by atoms with Crippen molar-refractivity contribution in [1.29, 1.82) is 5.26 Å². The molecular weight excluding hydrogens is 240 g/mol. The van der Waals surface area contributed by atoms with Gasteiger partial charge in [-0.15, -0.1) is 0 Å². The highest BCUT2D eigenvalue weighted by atomic mass is 16.5. The molecular formula is C10H6N4O4. The zero-order chi connectivity index (χ0) is 13.1. The third-order valence-electron chi connectivity index (χ3n) is 1.98. The summed E-state index contributed by atoms with van der Waals surface area (Å²) in [5, 5.41) is 30.2. The Hall–Kier alpha value is -2.95. The van der Waals surface area contributed by atoms with Crippen LogP contribution >= 0.6 is 0 Å². The van der Waals surface area contributed by atoms with Gasteiger partial charge in [0.25, 0.3) is 5.89 Å². The number of hydrogen-bond donors (Lipinski definition) is 2. The fourth-order valence-electron chi connectivity index (χ4n) is 1.24. The minimum Gasteiger partial charge on any atom is -0.505 e. The third-order valence-corrected chi connectivity index (χ3v) is 1.98. The van der Waals surface area contributed by atoms with Crippen LogP contribution in [0, 0.1) is 11.3 Å². The Bertz CT molecular complexity index is 644. The number of aromatic nitrogens is 3. The quantitative estimate of drug-likeness (QED) is 0.791. The second-order valence-electron chi connectivity index (χ2n) is 3.29. The molecule has 0 saturated carbocycles. The van der Waals surface area contributed by atoms with E-state index in [1.54, 1.807) is 0 Å². The molecule has 2 rings (SSSR count). The molecule has 0 radical (unpaired) electrons. The normalized spacial score (nSPS) is 9.94. The number of hydrogen-bond acceptors (Lipinski definition) is 7. The molecule has 90 valence electrons. The molecule has 0 spiro atoms. The zero-order valence-electron chi connectivity index (χ0n) is 8.86. The van der Waals surface area contributed by atoms with E-state index in [0.29, 0.717) is 0 Å². The second kappa shape index (κ2) is 4.50. The van der Waals surface area contributed by atoms with Crippen LogP contribution in [0.5, 0.6) is 5.75 Å². The van der Waals surface area contributed by atoms with E-state index < -0.39 is 5.97 Å². The molecule has 0 aliphatic carbocycles. The van der Waals surface area contributed by atoms with Crippen LogP contribution in [-0.2, 0) is 11.2 Å². The lowest BCUT2D eigenvalue weighted by Crippen LogP contribution is -2.01. The van der Waals surface area contributed by atoms with Crippen molar-refractivity contribution in [2.75, 3.05) is 0 Å². The van der Waals surface area contributed by atoms with Gasteiger partial charge < -0.3 is 14.7 Å². The van der Waals surface area contributed by atoms with E-state index in [-0.39, 0.29) is 35.1 Å². The number of aliphatic carboxylic acids is 1. The third kappa shape index (κ3) is 2.25. The Morgan fingerprint density at radius 3 is 2.94 bits per heavy atom. The van der Waals surface area contributed by atoms with Gasteiger partial charge in [-0.1, -0.05) is 5.16 Å². The number of nitriles is 1. The summed E-state index contributed by atoms with van der Waals surface area (Å²) in [5.74, 6) is -1.52. The van der Waals surface area contributed by atoms with Crippen LogP contribution in [0.2, 0.25) is 0 Å². The summed E-state index contributed by atoms with van der Waals surface area (Å²) in [6.45, 7) is 0. The van der Waals surface area contributed by atoms with Crippen LogP contribution in [0.3, 0.4) is 0 Å². The Kier molecular flexibility index (Phi) is 2.89.